The molecule has 4 nitrogen and oxygen atoms in total. The van der Waals surface area contributed by atoms with Crippen molar-refractivity contribution in [3.8, 4) is 0 Å². The number of carbonyl (C=O) groups is 1. The number of para-hydroxylation sites is 1. The summed E-state index contributed by atoms with van der Waals surface area (Å²) in [6.07, 6.45) is 1.60. The van der Waals surface area contributed by atoms with Gasteiger partial charge in [-0.1, -0.05) is 12.1 Å². The molecule has 1 amide bonds. The second-order valence-electron chi connectivity index (χ2n) is 6.17. The number of carbonyl (C=O) groups excluding carboxylic acids is 1. The van der Waals surface area contributed by atoms with E-state index in [2.05, 4.69) is 5.32 Å². The predicted molar refractivity (Wildman–Crippen MR) is 81.0 cm³/mol. The molecule has 1 aromatic rings. The fraction of sp³-hybridized carbons (Fsp3) is 0.562. The van der Waals surface area contributed by atoms with E-state index in [9.17, 15) is 9.90 Å². The lowest BCUT2D eigenvalue weighted by molar-refractivity contribution is -0.0107. The first-order valence-electron chi connectivity index (χ1n) is 7.26. The lowest BCUT2D eigenvalue weighted by Crippen LogP contribution is -2.48. The molecule has 0 saturated carbocycles. The van der Waals surface area contributed by atoms with Gasteiger partial charge in [0, 0.05) is 24.8 Å². The number of rotatable bonds is 3. The normalized spacial score (nSPS) is 22.9. The Morgan fingerprint density at radius 2 is 2.10 bits per heavy atom. The van der Waals surface area contributed by atoms with Crippen molar-refractivity contribution in [3.05, 3.63) is 29.8 Å². The van der Waals surface area contributed by atoms with Gasteiger partial charge in [0.15, 0.2) is 0 Å². The smallest absolute Gasteiger partial charge is 0.256 e. The molecule has 1 atom stereocenters. The van der Waals surface area contributed by atoms with E-state index in [1.165, 1.54) is 0 Å². The lowest BCUT2D eigenvalue weighted by Gasteiger charge is -2.37. The van der Waals surface area contributed by atoms with Gasteiger partial charge in [0.05, 0.1) is 11.2 Å². The van der Waals surface area contributed by atoms with Crippen LogP contribution >= 0.6 is 0 Å². The summed E-state index contributed by atoms with van der Waals surface area (Å²) in [4.78, 5) is 14.4. The van der Waals surface area contributed by atoms with Crippen molar-refractivity contribution in [2.45, 2.75) is 45.3 Å². The number of aliphatic hydroxyl groups is 1. The molecule has 0 bridgehead atoms. The summed E-state index contributed by atoms with van der Waals surface area (Å²) in [7, 11) is 0. The van der Waals surface area contributed by atoms with Crippen molar-refractivity contribution in [3.63, 3.8) is 0 Å². The second-order valence-corrected chi connectivity index (χ2v) is 6.17. The van der Waals surface area contributed by atoms with Crippen molar-refractivity contribution >= 4 is 11.6 Å². The molecule has 20 heavy (non-hydrogen) atoms. The Labute approximate surface area is 120 Å². The first-order chi connectivity index (χ1) is 9.39. The molecule has 0 aromatic heterocycles. The average molecular weight is 276 g/mol. The number of hydrogen-bond acceptors (Lipinski definition) is 3. The summed E-state index contributed by atoms with van der Waals surface area (Å²) in [5, 5.41) is 13.4. The topological polar surface area (TPSA) is 52.6 Å². The van der Waals surface area contributed by atoms with Gasteiger partial charge >= 0.3 is 0 Å². The zero-order valence-electron chi connectivity index (χ0n) is 12.5. The number of nitrogens with one attached hydrogen (secondary N) is 1. The Bertz CT molecular complexity index is 483. The highest BCUT2D eigenvalue weighted by Crippen LogP contribution is 2.24. The minimum Gasteiger partial charge on any atom is -0.388 e. The van der Waals surface area contributed by atoms with Crippen molar-refractivity contribution in [2.24, 2.45) is 0 Å². The predicted octanol–water partition coefficient (Wildman–Crippen LogP) is 2.49. The molecular formula is C16H24N2O2. The zero-order valence-corrected chi connectivity index (χ0v) is 12.5. The van der Waals surface area contributed by atoms with Crippen LogP contribution in [0, 0.1) is 0 Å². The highest BCUT2D eigenvalue weighted by atomic mass is 16.3. The Morgan fingerprint density at radius 3 is 2.75 bits per heavy atom. The molecule has 1 saturated heterocycles. The van der Waals surface area contributed by atoms with Gasteiger partial charge < -0.3 is 15.3 Å². The van der Waals surface area contributed by atoms with Gasteiger partial charge in [-0.25, -0.2) is 0 Å². The van der Waals surface area contributed by atoms with Gasteiger partial charge in [0.1, 0.15) is 0 Å². The van der Waals surface area contributed by atoms with Crippen LogP contribution in [0.15, 0.2) is 24.3 Å². The largest absolute Gasteiger partial charge is 0.388 e. The number of β-amino-alcohol motifs (C(OH)–C–C–N with tert-alkyl or cyclic N) is 1. The minimum atomic E-state index is -0.770. The molecule has 1 fully saturated rings. The molecule has 1 aliphatic heterocycles. The van der Waals surface area contributed by atoms with Crippen LogP contribution in [0.4, 0.5) is 5.69 Å². The molecule has 2 rings (SSSR count). The highest BCUT2D eigenvalue weighted by Gasteiger charge is 2.31. The summed E-state index contributed by atoms with van der Waals surface area (Å²) >= 11 is 0. The summed E-state index contributed by atoms with van der Waals surface area (Å²) in [5.74, 6) is -0.00581. The van der Waals surface area contributed by atoms with Crippen LogP contribution in [0.3, 0.4) is 0 Å². The maximum absolute atomic E-state index is 12.7. The van der Waals surface area contributed by atoms with E-state index in [4.69, 9.17) is 0 Å². The van der Waals surface area contributed by atoms with Gasteiger partial charge in [-0.2, -0.15) is 0 Å². The van der Waals surface area contributed by atoms with E-state index in [0.717, 1.165) is 18.5 Å². The fourth-order valence-electron chi connectivity index (χ4n) is 2.67. The molecule has 1 aromatic carbocycles. The van der Waals surface area contributed by atoms with Gasteiger partial charge in [0.2, 0.25) is 0 Å². The number of benzene rings is 1. The third-order valence-corrected chi connectivity index (χ3v) is 3.56. The fourth-order valence-corrected chi connectivity index (χ4v) is 2.67. The molecule has 2 N–H and O–H groups in total. The van der Waals surface area contributed by atoms with Crippen LogP contribution in [0.2, 0.25) is 0 Å². The van der Waals surface area contributed by atoms with Gasteiger partial charge in [-0.15, -0.1) is 0 Å². The summed E-state index contributed by atoms with van der Waals surface area (Å²) in [5.41, 5.74) is 0.769. The van der Waals surface area contributed by atoms with Crippen molar-refractivity contribution in [1.82, 2.24) is 4.90 Å². The van der Waals surface area contributed by atoms with Crippen LogP contribution in [0.25, 0.3) is 0 Å². The quantitative estimate of drug-likeness (QED) is 0.892. The Hall–Kier alpha value is -1.55. The summed E-state index contributed by atoms with van der Waals surface area (Å²) in [6, 6.07) is 7.84. The molecule has 4 heteroatoms. The minimum absolute atomic E-state index is 0.00581. The van der Waals surface area contributed by atoms with Crippen LogP contribution in [-0.4, -0.2) is 40.6 Å². The van der Waals surface area contributed by atoms with Gasteiger partial charge in [0.25, 0.3) is 5.91 Å². The monoisotopic (exact) mass is 276 g/mol. The third kappa shape index (κ3) is 3.51. The SMILES string of the molecule is CC(C)Nc1ccccc1C(=O)N1CCCC(C)(O)C1. The van der Waals surface area contributed by atoms with Crippen molar-refractivity contribution < 1.29 is 9.90 Å². The van der Waals surface area contributed by atoms with E-state index in [1.54, 1.807) is 11.8 Å². The summed E-state index contributed by atoms with van der Waals surface area (Å²) < 4.78 is 0. The highest BCUT2D eigenvalue weighted by molar-refractivity contribution is 5.99. The Balaban J connectivity index is 2.20. The molecule has 1 unspecified atom stereocenters. The van der Waals surface area contributed by atoms with E-state index < -0.39 is 5.60 Å². The molecule has 0 spiro atoms. The zero-order chi connectivity index (χ0) is 14.8. The molecule has 0 aliphatic carbocycles. The molecule has 0 radical (unpaired) electrons. The average Bonchev–Trinajstić information content (AvgIpc) is 2.36. The number of amides is 1. The van der Waals surface area contributed by atoms with E-state index in [0.29, 0.717) is 18.7 Å². The van der Waals surface area contributed by atoms with Crippen molar-refractivity contribution in [2.75, 3.05) is 18.4 Å². The number of piperidine rings is 1. The maximum Gasteiger partial charge on any atom is 0.256 e. The Morgan fingerprint density at radius 1 is 1.40 bits per heavy atom. The lowest BCUT2D eigenvalue weighted by atomic mass is 9.94. The van der Waals surface area contributed by atoms with Crippen LogP contribution < -0.4 is 5.32 Å². The molecule has 110 valence electrons. The second kappa shape index (κ2) is 5.83. The van der Waals surface area contributed by atoms with Crippen LogP contribution in [0.1, 0.15) is 44.0 Å². The van der Waals surface area contributed by atoms with E-state index >= 15 is 0 Å². The van der Waals surface area contributed by atoms with Gasteiger partial charge in [-0.3, -0.25) is 4.79 Å². The van der Waals surface area contributed by atoms with E-state index in [-0.39, 0.29) is 11.9 Å². The number of hydrogen-bond donors (Lipinski definition) is 2. The standard InChI is InChI=1S/C16H24N2O2/c1-12(2)17-14-8-5-4-7-13(14)15(19)18-10-6-9-16(3,20)11-18/h4-5,7-8,12,17,20H,6,9-11H2,1-3H3. The Kier molecular flexibility index (Phi) is 4.33. The van der Waals surface area contributed by atoms with Gasteiger partial charge in [-0.05, 0) is 45.7 Å². The molecular weight excluding hydrogens is 252 g/mol. The number of likely N-dealkylation sites (tertiary alicyclic amines) is 1. The van der Waals surface area contributed by atoms with E-state index in [1.807, 2.05) is 38.1 Å². The molecule has 1 aliphatic rings. The number of nitrogens with zero attached hydrogens (tertiary/aromatic N) is 1. The van der Waals surface area contributed by atoms with Crippen molar-refractivity contribution in [1.29, 1.82) is 0 Å². The first kappa shape index (κ1) is 14.9. The number of anilines is 1. The van der Waals surface area contributed by atoms with Crippen LogP contribution in [-0.2, 0) is 0 Å². The maximum atomic E-state index is 12.7. The third-order valence-electron chi connectivity index (χ3n) is 3.56. The van der Waals surface area contributed by atoms with Crippen LogP contribution in [0.5, 0.6) is 0 Å². The molecule has 1 heterocycles. The summed E-state index contributed by atoms with van der Waals surface area (Å²) in [6.45, 7) is 7.01. The first-order valence-corrected chi connectivity index (χ1v) is 7.26.